The third-order valence-electron chi connectivity index (χ3n) is 11.8. The number of aromatic nitrogens is 19. The lowest BCUT2D eigenvalue weighted by molar-refractivity contribution is 0.358. The molecular formula is C71H76N22O2S. The van der Waals surface area contributed by atoms with Crippen LogP contribution in [-0.4, -0.2) is 129 Å². The number of aromatic amines is 4. The molecule has 4 aromatic carbocycles. The van der Waals surface area contributed by atoms with E-state index in [1.54, 1.807) is 110 Å². The Labute approximate surface area is 560 Å². The zero-order valence-electron chi connectivity index (χ0n) is 52.7. The molecule has 96 heavy (non-hydrogen) atoms. The van der Waals surface area contributed by atoms with Gasteiger partial charge in [-0.15, -0.1) is 15.3 Å². The average Bonchev–Trinajstić information content (AvgIpc) is 3.09. The number of H-pyrrole nitrogens is 4. The summed E-state index contributed by atoms with van der Waals surface area (Å²) in [5, 5.41) is 37.8. The Morgan fingerprint density at radius 1 is 0.438 bits per heavy atom. The molecule has 488 valence electrons. The molecule has 15 heterocycles. The first-order valence-corrected chi connectivity index (χ1v) is 31.2. The molecule has 19 rings (SSSR count). The highest BCUT2D eigenvalue weighted by molar-refractivity contribution is 7.07. The van der Waals surface area contributed by atoms with E-state index < -0.39 is 0 Å². The predicted octanol–water partition coefficient (Wildman–Crippen LogP) is 13.0. The number of imidazole rings is 1. The lowest BCUT2D eigenvalue weighted by atomic mass is 10.1. The topological polar surface area (TPSA) is 315 Å². The molecular weight excluding hydrogens is 1220 g/mol. The van der Waals surface area contributed by atoms with Gasteiger partial charge in [0, 0.05) is 110 Å². The predicted molar refractivity (Wildman–Crippen MR) is 379 cm³/mol. The van der Waals surface area contributed by atoms with Gasteiger partial charge in [0.05, 0.1) is 42.8 Å². The van der Waals surface area contributed by atoms with Crippen molar-refractivity contribution in [3.63, 3.8) is 0 Å². The minimum atomic E-state index is 0.637. The number of thiophene rings is 1. The fraction of sp³-hybridized carbons (Fsp3) is 0.113. The minimum Gasteiger partial charge on any atom is -0.489 e. The van der Waals surface area contributed by atoms with Gasteiger partial charge in [-0.2, -0.15) is 16.4 Å². The number of benzene rings is 4. The van der Waals surface area contributed by atoms with Crippen molar-refractivity contribution >= 4 is 61.2 Å². The maximum absolute atomic E-state index is 5.34. The third-order valence-corrected chi connectivity index (χ3v) is 12.4. The van der Waals surface area contributed by atoms with Crippen LogP contribution in [0.4, 0.5) is 0 Å². The Morgan fingerprint density at radius 2 is 1.20 bits per heavy atom. The highest BCUT2D eigenvalue weighted by Crippen LogP contribution is 2.22. The molecule has 0 spiro atoms. The van der Waals surface area contributed by atoms with E-state index in [-0.39, 0.29) is 0 Å². The van der Waals surface area contributed by atoms with Crippen LogP contribution in [0.3, 0.4) is 0 Å². The maximum atomic E-state index is 5.34. The monoisotopic (exact) mass is 1300 g/mol. The fourth-order valence-corrected chi connectivity index (χ4v) is 7.86. The normalized spacial score (nSPS) is 11.1. The molecule has 12 aromatic heterocycles. The summed E-state index contributed by atoms with van der Waals surface area (Å²) in [5.74, 6) is 0.991. The van der Waals surface area contributed by atoms with E-state index in [2.05, 4.69) is 165 Å². The van der Waals surface area contributed by atoms with Gasteiger partial charge in [0.1, 0.15) is 30.5 Å². The number of para-hydroxylation sites is 3. The van der Waals surface area contributed by atoms with Crippen LogP contribution >= 0.6 is 11.3 Å². The van der Waals surface area contributed by atoms with Crippen molar-refractivity contribution in [3.05, 3.63) is 323 Å². The molecule has 0 bridgehead atoms. The van der Waals surface area contributed by atoms with Crippen LogP contribution in [0.1, 0.15) is 24.8 Å². The summed E-state index contributed by atoms with van der Waals surface area (Å²) < 4.78 is 9.81. The van der Waals surface area contributed by atoms with Crippen molar-refractivity contribution in [1.82, 2.24) is 112 Å². The number of fused-ring (bicyclic) bond motifs is 5. The van der Waals surface area contributed by atoms with Gasteiger partial charge in [-0.3, -0.25) is 36.0 Å². The van der Waals surface area contributed by atoms with Crippen molar-refractivity contribution in [1.29, 1.82) is 0 Å². The highest BCUT2D eigenvalue weighted by Gasteiger charge is 2.01. The Hall–Kier alpha value is -12.3. The molecule has 25 heteroatoms. The number of pyridine rings is 3. The number of oxazole rings is 1. The van der Waals surface area contributed by atoms with Crippen LogP contribution in [-0.2, 0) is 0 Å². The zero-order valence-corrected chi connectivity index (χ0v) is 53.5. The number of rotatable bonds is 0. The molecule has 24 nitrogen and oxygen atoms in total. The van der Waals surface area contributed by atoms with Crippen molar-refractivity contribution in [3.8, 4) is 5.75 Å². The first kappa shape index (κ1) is 72.8. The SMILES string of the molecule is C1=Cc2ccccc2OC1.C1CCNC1.C1CNNC1.c1c[nH]cn1.c1c[nH]nn1.c1ccc2[nH]ccc2c1.c1ccc2cnccc2c1.c1ccc2ncccc2c1.c1ccncc1.c1ccsc1.c1cn[nH]c1.c1cnc2ncncc2n1.c1cnnnc1.c1cocn1. The van der Waals surface area contributed by atoms with Crippen LogP contribution < -0.4 is 20.9 Å². The Bertz CT molecular complexity index is 3500. The van der Waals surface area contributed by atoms with E-state index in [9.17, 15) is 0 Å². The second-order valence-electron chi connectivity index (χ2n) is 18.7. The second-order valence-corrected chi connectivity index (χ2v) is 19.5. The van der Waals surface area contributed by atoms with Crippen molar-refractivity contribution < 1.29 is 9.15 Å². The van der Waals surface area contributed by atoms with E-state index in [1.165, 1.54) is 84.0 Å². The Morgan fingerprint density at radius 3 is 1.72 bits per heavy atom. The average molecular weight is 1300 g/mol. The van der Waals surface area contributed by atoms with Crippen molar-refractivity contribution in [2.45, 2.75) is 19.3 Å². The molecule has 2 fully saturated rings. The first-order chi connectivity index (χ1) is 47.8. The molecule has 0 saturated carbocycles. The number of hydrogen-bond donors (Lipinski definition) is 7. The van der Waals surface area contributed by atoms with Crippen molar-refractivity contribution in [2.75, 3.05) is 32.8 Å². The molecule has 3 aliphatic rings. The summed E-state index contributed by atoms with van der Waals surface area (Å²) >= 11 is 1.71. The zero-order chi connectivity index (χ0) is 66.6. The van der Waals surface area contributed by atoms with E-state index in [4.69, 9.17) is 4.74 Å². The van der Waals surface area contributed by atoms with Crippen LogP contribution in [0, 0.1) is 0 Å². The van der Waals surface area contributed by atoms with Crippen LogP contribution in [0.5, 0.6) is 5.75 Å². The molecule has 16 aromatic rings. The quantitative estimate of drug-likeness (QED) is 0.0742. The molecule has 0 unspecified atom stereocenters. The van der Waals surface area contributed by atoms with Gasteiger partial charge in [0.2, 0.25) is 0 Å². The van der Waals surface area contributed by atoms with E-state index in [0.29, 0.717) is 12.3 Å². The molecule has 7 N–H and O–H groups in total. The van der Waals surface area contributed by atoms with E-state index in [0.717, 1.165) is 29.9 Å². The number of ether oxygens (including phenoxy) is 1. The molecule has 0 radical (unpaired) electrons. The third kappa shape index (κ3) is 34.8. The summed E-state index contributed by atoms with van der Waals surface area (Å²) in [5.41, 5.74) is 10.7. The second kappa shape index (κ2) is 51.3. The molecule has 0 aliphatic carbocycles. The van der Waals surface area contributed by atoms with Crippen molar-refractivity contribution in [2.24, 2.45) is 0 Å². The summed E-state index contributed by atoms with van der Waals surface area (Å²) in [4.78, 5) is 40.7. The molecule has 2 saturated heterocycles. The van der Waals surface area contributed by atoms with Gasteiger partial charge < -0.3 is 24.4 Å². The smallest absolute Gasteiger partial charge is 0.181 e. The maximum Gasteiger partial charge on any atom is 0.181 e. The van der Waals surface area contributed by atoms with Gasteiger partial charge in [0.15, 0.2) is 12.0 Å². The van der Waals surface area contributed by atoms with Gasteiger partial charge in [-0.1, -0.05) is 114 Å². The number of hydrazine groups is 1. The number of hydrogen-bond acceptors (Lipinski definition) is 21. The highest BCUT2D eigenvalue weighted by atomic mass is 32.1. The number of nitrogens with zero attached hydrogens (tertiary/aromatic N) is 15. The summed E-state index contributed by atoms with van der Waals surface area (Å²) in [6.07, 6.45) is 44.8. The van der Waals surface area contributed by atoms with Crippen LogP contribution in [0.2, 0.25) is 0 Å². The van der Waals surface area contributed by atoms with E-state index >= 15 is 0 Å². The largest absolute Gasteiger partial charge is 0.489 e. The lowest BCUT2D eigenvalue weighted by Crippen LogP contribution is -2.21. The first-order valence-electron chi connectivity index (χ1n) is 30.2. The molecule has 0 amide bonds. The summed E-state index contributed by atoms with van der Waals surface area (Å²) in [6, 6.07) is 53.9. The molecule has 0 atom stereocenters. The molecule has 3 aliphatic heterocycles. The van der Waals surface area contributed by atoms with Crippen LogP contribution in [0.15, 0.2) is 322 Å². The fourth-order valence-electron chi connectivity index (χ4n) is 7.41. The standard InChI is InChI=1S/2C9H7N.C9H8O.C8H7N.C6H4N4.C5H5N.C4H9N.C4H4S.C3H3N3.C3H4N2.C3H8N2.C3H4N2.C3H3NO.C2H3N3/c1-2-6-9-8(4-1)5-3-7-10-9;1-2-4-9-7-10-6-5-8(9)3-1;1-2-6-9-8(4-1)5-3-7-10-9;1-2-4-8-7(3-1)5-6-9-8;1-2-9-6-5(8-1)3-7-4-10-6;1-2-4-6-5-3-1;2*1-2-4-5-3-1;1-2-4-6-5-3-1;1-2-5-3-4-1;2*1-2-4-5-3-1;1-2-5-3-4-1;1-2-4-5-3-1/h2*1-7H;1-6H,7H2;1-6,9H;1-4H;1-5H;5H,1-4H2;1-4H;1-3H;1-3H,(H,4,5);4-5H,1-3H2;1-3H,(H,4,5);1-3H;1-2H,(H,3,4,5). The summed E-state index contributed by atoms with van der Waals surface area (Å²) in [6.45, 7) is 5.48. The number of nitrogens with one attached hydrogen (secondary N) is 7. The lowest BCUT2D eigenvalue weighted by Gasteiger charge is -2.10. The summed E-state index contributed by atoms with van der Waals surface area (Å²) in [7, 11) is 0. The van der Waals surface area contributed by atoms with Crippen LogP contribution in [0.25, 0.3) is 49.8 Å². The minimum absolute atomic E-state index is 0.637. The van der Waals surface area contributed by atoms with E-state index in [1.807, 2.05) is 157 Å². The van der Waals surface area contributed by atoms with Gasteiger partial charge >= 0.3 is 0 Å². The van der Waals surface area contributed by atoms with Gasteiger partial charge in [-0.25, -0.2) is 29.9 Å². The Kier molecular flexibility index (Phi) is 38.9. The van der Waals surface area contributed by atoms with Gasteiger partial charge in [-0.05, 0) is 131 Å². The Balaban J connectivity index is 0.000000165. The van der Waals surface area contributed by atoms with Gasteiger partial charge in [0.25, 0.3) is 0 Å².